The predicted octanol–water partition coefficient (Wildman–Crippen LogP) is 2.02. The number of hydrogen-bond donors (Lipinski definition) is 3. The van der Waals surface area contributed by atoms with Gasteiger partial charge in [-0.1, -0.05) is 41.9 Å². The molecule has 1 rings (SSSR count). The van der Waals surface area contributed by atoms with E-state index in [2.05, 4.69) is 40.4 Å². The minimum atomic E-state index is -0.257. The molecule has 0 saturated heterocycles. The molecule has 0 unspecified atom stereocenters. The van der Waals surface area contributed by atoms with Crippen molar-refractivity contribution in [2.45, 2.75) is 19.3 Å². The lowest BCUT2D eigenvalue weighted by Gasteiger charge is -2.26. The van der Waals surface area contributed by atoms with Crippen molar-refractivity contribution in [3.8, 4) is 0 Å². The molecule has 5 heteroatoms. The summed E-state index contributed by atoms with van der Waals surface area (Å²) in [5.41, 5.74) is 1.000. The van der Waals surface area contributed by atoms with Gasteiger partial charge in [0.2, 0.25) is 0 Å². The SMILES string of the molecule is CC(C)(CNC(=O)NCCO)c1cccc(Br)c1. The van der Waals surface area contributed by atoms with Crippen LogP contribution in [0, 0.1) is 0 Å². The molecule has 0 aliphatic heterocycles. The Labute approximate surface area is 116 Å². The summed E-state index contributed by atoms with van der Waals surface area (Å²) in [6.07, 6.45) is 0. The van der Waals surface area contributed by atoms with Crippen LogP contribution in [0.4, 0.5) is 4.79 Å². The van der Waals surface area contributed by atoms with Crippen LogP contribution in [-0.4, -0.2) is 30.8 Å². The molecule has 0 atom stereocenters. The van der Waals surface area contributed by atoms with Gasteiger partial charge in [0.25, 0.3) is 0 Å². The monoisotopic (exact) mass is 314 g/mol. The molecule has 0 heterocycles. The van der Waals surface area contributed by atoms with Crippen molar-refractivity contribution in [2.24, 2.45) is 0 Å². The van der Waals surface area contributed by atoms with E-state index in [0.29, 0.717) is 6.54 Å². The van der Waals surface area contributed by atoms with Crippen LogP contribution >= 0.6 is 15.9 Å². The number of aliphatic hydroxyl groups excluding tert-OH is 1. The Morgan fingerprint density at radius 3 is 2.72 bits per heavy atom. The lowest BCUT2D eigenvalue weighted by molar-refractivity contribution is 0.232. The molecule has 0 aliphatic rings. The van der Waals surface area contributed by atoms with E-state index < -0.39 is 0 Å². The lowest BCUT2D eigenvalue weighted by Crippen LogP contribution is -2.43. The van der Waals surface area contributed by atoms with Gasteiger partial charge in [0, 0.05) is 23.0 Å². The van der Waals surface area contributed by atoms with Crippen molar-refractivity contribution < 1.29 is 9.90 Å². The third-order valence-electron chi connectivity index (χ3n) is 2.69. The van der Waals surface area contributed by atoms with Gasteiger partial charge >= 0.3 is 6.03 Å². The van der Waals surface area contributed by atoms with E-state index in [1.54, 1.807) is 0 Å². The van der Waals surface area contributed by atoms with Crippen LogP contribution in [0.15, 0.2) is 28.7 Å². The van der Waals surface area contributed by atoms with E-state index in [4.69, 9.17) is 5.11 Å². The zero-order valence-corrected chi connectivity index (χ0v) is 12.3. The Morgan fingerprint density at radius 1 is 1.39 bits per heavy atom. The van der Waals surface area contributed by atoms with Crippen molar-refractivity contribution in [2.75, 3.05) is 19.7 Å². The highest BCUT2D eigenvalue weighted by atomic mass is 79.9. The lowest BCUT2D eigenvalue weighted by atomic mass is 9.85. The molecule has 3 N–H and O–H groups in total. The zero-order chi connectivity index (χ0) is 13.6. The van der Waals surface area contributed by atoms with Gasteiger partial charge in [0.15, 0.2) is 0 Å². The maximum Gasteiger partial charge on any atom is 0.314 e. The summed E-state index contributed by atoms with van der Waals surface area (Å²) in [4.78, 5) is 11.4. The number of amides is 2. The molecule has 0 bridgehead atoms. The molecule has 0 spiro atoms. The summed E-state index contributed by atoms with van der Waals surface area (Å²) in [7, 11) is 0. The van der Waals surface area contributed by atoms with Gasteiger partial charge < -0.3 is 15.7 Å². The predicted molar refractivity (Wildman–Crippen MR) is 75.7 cm³/mol. The maximum atomic E-state index is 11.4. The van der Waals surface area contributed by atoms with Crippen LogP contribution in [0.2, 0.25) is 0 Å². The molecule has 100 valence electrons. The summed E-state index contributed by atoms with van der Waals surface area (Å²) in [5, 5.41) is 14.0. The van der Waals surface area contributed by atoms with Gasteiger partial charge in [-0.3, -0.25) is 0 Å². The third kappa shape index (κ3) is 4.66. The molecule has 0 aromatic heterocycles. The van der Waals surface area contributed by atoms with E-state index in [1.165, 1.54) is 0 Å². The van der Waals surface area contributed by atoms with Crippen molar-refractivity contribution >= 4 is 22.0 Å². The first kappa shape index (κ1) is 15.0. The Kier molecular flexibility index (Phi) is 5.62. The average Bonchev–Trinajstić information content (AvgIpc) is 2.34. The highest BCUT2D eigenvalue weighted by molar-refractivity contribution is 9.10. The maximum absolute atomic E-state index is 11.4. The van der Waals surface area contributed by atoms with Crippen molar-refractivity contribution in [1.29, 1.82) is 0 Å². The molecular weight excluding hydrogens is 296 g/mol. The Balaban J connectivity index is 2.57. The fraction of sp³-hybridized carbons (Fsp3) is 0.462. The van der Waals surface area contributed by atoms with Crippen LogP contribution < -0.4 is 10.6 Å². The Hall–Kier alpha value is -1.07. The second kappa shape index (κ2) is 6.75. The number of nitrogens with one attached hydrogen (secondary N) is 2. The molecule has 18 heavy (non-hydrogen) atoms. The zero-order valence-electron chi connectivity index (χ0n) is 10.7. The largest absolute Gasteiger partial charge is 0.395 e. The second-order valence-corrected chi connectivity index (χ2v) is 5.64. The number of carbonyl (C=O) groups is 1. The van der Waals surface area contributed by atoms with Crippen LogP contribution in [-0.2, 0) is 5.41 Å². The summed E-state index contributed by atoms with van der Waals surface area (Å²) in [6.45, 7) is 4.88. The number of hydrogen-bond acceptors (Lipinski definition) is 2. The smallest absolute Gasteiger partial charge is 0.314 e. The molecule has 1 aromatic rings. The van der Waals surface area contributed by atoms with Gasteiger partial charge in [0.05, 0.1) is 6.61 Å². The van der Waals surface area contributed by atoms with Gasteiger partial charge in [0.1, 0.15) is 0 Å². The minimum Gasteiger partial charge on any atom is -0.395 e. The molecule has 0 aliphatic carbocycles. The molecule has 0 fully saturated rings. The standard InChI is InChI=1S/C13H19BrN2O2/c1-13(2,9-16-12(18)15-6-7-17)10-4-3-5-11(14)8-10/h3-5,8,17H,6-7,9H2,1-2H3,(H2,15,16,18). The van der Waals surface area contributed by atoms with Gasteiger partial charge in [-0.2, -0.15) is 0 Å². The molecule has 0 saturated carbocycles. The number of benzene rings is 1. The average molecular weight is 315 g/mol. The summed E-state index contributed by atoms with van der Waals surface area (Å²) < 4.78 is 1.03. The van der Waals surface area contributed by atoms with Crippen LogP contribution in [0.1, 0.15) is 19.4 Å². The summed E-state index contributed by atoms with van der Waals surface area (Å²) in [6, 6.07) is 7.78. The van der Waals surface area contributed by atoms with E-state index in [-0.39, 0.29) is 24.6 Å². The summed E-state index contributed by atoms with van der Waals surface area (Å²) >= 11 is 3.44. The van der Waals surface area contributed by atoms with Crippen LogP contribution in [0.5, 0.6) is 0 Å². The molecule has 1 aromatic carbocycles. The highest BCUT2D eigenvalue weighted by Crippen LogP contribution is 2.24. The third-order valence-corrected chi connectivity index (χ3v) is 3.19. The van der Waals surface area contributed by atoms with Crippen LogP contribution in [0.3, 0.4) is 0 Å². The molecule has 0 radical (unpaired) electrons. The number of halogens is 1. The normalized spacial score (nSPS) is 11.1. The Bertz CT molecular complexity index is 408. The van der Waals surface area contributed by atoms with E-state index in [0.717, 1.165) is 10.0 Å². The van der Waals surface area contributed by atoms with Crippen molar-refractivity contribution in [1.82, 2.24) is 10.6 Å². The topological polar surface area (TPSA) is 61.4 Å². The number of rotatable bonds is 5. The minimum absolute atomic E-state index is 0.0531. The first-order valence-electron chi connectivity index (χ1n) is 5.84. The van der Waals surface area contributed by atoms with E-state index in [1.807, 2.05) is 24.3 Å². The second-order valence-electron chi connectivity index (χ2n) is 4.73. The van der Waals surface area contributed by atoms with Gasteiger partial charge in [-0.05, 0) is 17.7 Å². The first-order valence-corrected chi connectivity index (χ1v) is 6.63. The van der Waals surface area contributed by atoms with E-state index >= 15 is 0 Å². The first-order chi connectivity index (χ1) is 8.45. The molecular formula is C13H19BrN2O2. The van der Waals surface area contributed by atoms with Crippen molar-refractivity contribution in [3.05, 3.63) is 34.3 Å². The fourth-order valence-electron chi connectivity index (χ4n) is 1.54. The number of aliphatic hydroxyl groups is 1. The Morgan fingerprint density at radius 2 is 2.11 bits per heavy atom. The number of carbonyl (C=O) groups excluding carboxylic acids is 1. The van der Waals surface area contributed by atoms with Crippen molar-refractivity contribution in [3.63, 3.8) is 0 Å². The van der Waals surface area contributed by atoms with Gasteiger partial charge in [-0.15, -0.1) is 0 Å². The van der Waals surface area contributed by atoms with Crippen LogP contribution in [0.25, 0.3) is 0 Å². The molecule has 4 nitrogen and oxygen atoms in total. The van der Waals surface area contributed by atoms with E-state index in [9.17, 15) is 4.79 Å². The molecule has 2 amide bonds. The fourth-order valence-corrected chi connectivity index (χ4v) is 1.94. The highest BCUT2D eigenvalue weighted by Gasteiger charge is 2.21. The summed E-state index contributed by atoms with van der Waals surface area (Å²) in [5.74, 6) is 0. The van der Waals surface area contributed by atoms with Gasteiger partial charge in [-0.25, -0.2) is 4.79 Å². The quantitative estimate of drug-likeness (QED) is 0.778. The number of urea groups is 1.